The molecule has 0 amide bonds. The SMILES string of the molecule is C=CC(O)C(=O)[C@@H](CC(C)C)NS(=O)(=O)c1ccc(Cc2nccc3[nH]c(C)nc23)cc1. The van der Waals surface area contributed by atoms with Crippen LogP contribution in [0.1, 0.15) is 37.4 Å². The van der Waals surface area contributed by atoms with Crippen molar-refractivity contribution in [2.75, 3.05) is 0 Å². The van der Waals surface area contributed by atoms with Gasteiger partial charge in [-0.25, -0.2) is 18.1 Å². The number of hydrogen-bond donors (Lipinski definition) is 3. The van der Waals surface area contributed by atoms with Crippen molar-refractivity contribution < 1.29 is 18.3 Å². The van der Waals surface area contributed by atoms with E-state index in [1.54, 1.807) is 18.3 Å². The fourth-order valence-corrected chi connectivity index (χ4v) is 4.71. The Hall–Kier alpha value is -2.88. The Kier molecular flexibility index (Phi) is 7.22. The van der Waals surface area contributed by atoms with Crippen molar-refractivity contribution in [1.29, 1.82) is 0 Å². The normalized spacial score (nSPS) is 13.9. The molecule has 2 atom stereocenters. The predicted octanol–water partition coefficient (Wildman–Crippen LogP) is 2.67. The lowest BCUT2D eigenvalue weighted by atomic mass is 9.98. The van der Waals surface area contributed by atoms with E-state index in [2.05, 4.69) is 26.3 Å². The molecule has 1 unspecified atom stereocenters. The maximum Gasteiger partial charge on any atom is 0.241 e. The summed E-state index contributed by atoms with van der Waals surface area (Å²) in [6, 6.07) is 7.23. The first-order chi connectivity index (χ1) is 15.1. The van der Waals surface area contributed by atoms with Crippen molar-refractivity contribution >= 4 is 26.8 Å². The number of rotatable bonds is 10. The summed E-state index contributed by atoms with van der Waals surface area (Å²) in [6.45, 7) is 9.03. The van der Waals surface area contributed by atoms with Crippen LogP contribution in [0, 0.1) is 12.8 Å². The molecular formula is C23H28N4O4S. The summed E-state index contributed by atoms with van der Waals surface area (Å²) in [5.74, 6) is 0.225. The minimum atomic E-state index is -3.96. The average Bonchev–Trinajstić information content (AvgIpc) is 3.13. The molecule has 32 heavy (non-hydrogen) atoms. The van der Waals surface area contributed by atoms with Crippen LogP contribution < -0.4 is 4.72 Å². The molecular weight excluding hydrogens is 428 g/mol. The number of carbonyl (C=O) groups is 1. The maximum atomic E-state index is 12.9. The monoisotopic (exact) mass is 456 g/mol. The van der Waals surface area contributed by atoms with E-state index in [-0.39, 0.29) is 17.2 Å². The zero-order valence-electron chi connectivity index (χ0n) is 18.4. The Morgan fingerprint density at radius 2 is 1.94 bits per heavy atom. The summed E-state index contributed by atoms with van der Waals surface area (Å²) in [7, 11) is -3.96. The van der Waals surface area contributed by atoms with Gasteiger partial charge in [-0.2, -0.15) is 0 Å². The van der Waals surface area contributed by atoms with Crippen LogP contribution in [0.15, 0.2) is 54.1 Å². The highest BCUT2D eigenvalue weighted by Gasteiger charge is 2.29. The number of aryl methyl sites for hydroxylation is 1. The number of pyridine rings is 1. The molecule has 0 saturated carbocycles. The first-order valence-electron chi connectivity index (χ1n) is 10.4. The maximum absolute atomic E-state index is 12.9. The van der Waals surface area contributed by atoms with Crippen LogP contribution in [-0.2, 0) is 21.2 Å². The largest absolute Gasteiger partial charge is 0.381 e. The van der Waals surface area contributed by atoms with Crippen LogP contribution in [0.2, 0.25) is 0 Å². The van der Waals surface area contributed by atoms with Gasteiger partial charge >= 0.3 is 0 Å². The van der Waals surface area contributed by atoms with Crippen LogP contribution in [0.5, 0.6) is 0 Å². The Bertz CT molecular complexity index is 1220. The highest BCUT2D eigenvalue weighted by atomic mass is 32.2. The number of aromatic amines is 1. The molecule has 0 bridgehead atoms. The molecule has 9 heteroatoms. The smallest absolute Gasteiger partial charge is 0.241 e. The number of ketones is 1. The standard InChI is InChI=1S/C23H28N4O4S/c1-5-21(28)23(29)20(12-14(2)3)27-32(30,31)17-8-6-16(7-9-17)13-19-22-18(10-11-24-19)25-15(4)26-22/h5-11,14,20-21,27-28H,1,12-13H2,2-4H3,(H,25,26)/t20-,21?/m1/s1. The van der Waals surface area contributed by atoms with Crippen molar-refractivity contribution in [3.8, 4) is 0 Å². The number of aliphatic hydroxyl groups excluding tert-OH is 1. The average molecular weight is 457 g/mol. The molecule has 170 valence electrons. The summed E-state index contributed by atoms with van der Waals surface area (Å²) in [4.78, 5) is 24.5. The van der Waals surface area contributed by atoms with E-state index in [1.807, 2.05) is 26.8 Å². The molecule has 3 rings (SSSR count). The van der Waals surface area contributed by atoms with Crippen LogP contribution in [0.25, 0.3) is 11.0 Å². The molecule has 2 aromatic heterocycles. The van der Waals surface area contributed by atoms with E-state index < -0.39 is 28.0 Å². The third kappa shape index (κ3) is 5.48. The van der Waals surface area contributed by atoms with Crippen LogP contribution in [-0.4, -0.2) is 46.4 Å². The van der Waals surface area contributed by atoms with Gasteiger partial charge in [-0.05, 0) is 43.0 Å². The summed E-state index contributed by atoms with van der Waals surface area (Å²) < 4.78 is 28.2. The third-order valence-corrected chi connectivity index (χ3v) is 6.55. The molecule has 1 aromatic carbocycles. The Balaban J connectivity index is 1.80. The third-order valence-electron chi connectivity index (χ3n) is 5.06. The van der Waals surface area contributed by atoms with Crippen molar-refractivity contribution in [2.24, 2.45) is 5.92 Å². The number of aliphatic hydroxyl groups is 1. The molecule has 3 N–H and O–H groups in total. The van der Waals surface area contributed by atoms with Crippen molar-refractivity contribution in [3.63, 3.8) is 0 Å². The van der Waals surface area contributed by atoms with E-state index in [0.717, 1.165) is 34.2 Å². The minimum Gasteiger partial charge on any atom is -0.381 e. The second kappa shape index (κ2) is 9.72. The number of H-pyrrole nitrogens is 1. The Labute approximate surface area is 187 Å². The number of sulfonamides is 1. The highest BCUT2D eigenvalue weighted by molar-refractivity contribution is 7.89. The predicted molar refractivity (Wildman–Crippen MR) is 123 cm³/mol. The van der Waals surface area contributed by atoms with Gasteiger partial charge < -0.3 is 10.1 Å². The molecule has 0 aliphatic carbocycles. The van der Waals surface area contributed by atoms with Gasteiger partial charge in [0.05, 0.1) is 22.1 Å². The van der Waals surface area contributed by atoms with Gasteiger partial charge in [0.2, 0.25) is 10.0 Å². The van der Waals surface area contributed by atoms with Gasteiger partial charge in [0.15, 0.2) is 5.78 Å². The minimum absolute atomic E-state index is 0.0395. The quantitative estimate of drug-likeness (QED) is 0.403. The number of imidazole rings is 1. The Morgan fingerprint density at radius 1 is 1.25 bits per heavy atom. The van der Waals surface area contributed by atoms with E-state index >= 15 is 0 Å². The van der Waals surface area contributed by atoms with Gasteiger partial charge in [-0.3, -0.25) is 9.78 Å². The molecule has 0 spiro atoms. The van der Waals surface area contributed by atoms with Gasteiger partial charge in [0.1, 0.15) is 17.4 Å². The van der Waals surface area contributed by atoms with Gasteiger partial charge in [-0.1, -0.05) is 32.1 Å². The van der Waals surface area contributed by atoms with E-state index in [0.29, 0.717) is 6.42 Å². The van der Waals surface area contributed by atoms with Crippen LogP contribution in [0.3, 0.4) is 0 Å². The first kappa shape index (κ1) is 23.8. The fraction of sp³-hybridized carbons (Fsp3) is 0.348. The number of hydrogen-bond acceptors (Lipinski definition) is 6. The summed E-state index contributed by atoms with van der Waals surface area (Å²) >= 11 is 0. The van der Waals surface area contributed by atoms with Gasteiger partial charge in [0, 0.05) is 12.6 Å². The number of nitrogens with zero attached hydrogens (tertiary/aromatic N) is 2. The van der Waals surface area contributed by atoms with Gasteiger partial charge in [0.25, 0.3) is 0 Å². The van der Waals surface area contributed by atoms with Crippen molar-refractivity contribution in [2.45, 2.75) is 50.7 Å². The number of aromatic nitrogens is 3. The van der Waals surface area contributed by atoms with Gasteiger partial charge in [-0.15, -0.1) is 6.58 Å². The second-order valence-corrected chi connectivity index (χ2v) is 9.90. The number of nitrogens with one attached hydrogen (secondary N) is 2. The number of fused-ring (bicyclic) bond motifs is 1. The fourth-order valence-electron chi connectivity index (χ4n) is 3.49. The van der Waals surface area contributed by atoms with E-state index in [9.17, 15) is 18.3 Å². The summed E-state index contributed by atoms with van der Waals surface area (Å²) in [5, 5.41) is 9.81. The summed E-state index contributed by atoms with van der Waals surface area (Å²) in [5.41, 5.74) is 3.36. The lowest BCUT2D eigenvalue weighted by molar-refractivity contribution is -0.127. The lowest BCUT2D eigenvalue weighted by Crippen LogP contribution is -2.45. The molecule has 0 aliphatic heterocycles. The zero-order valence-corrected chi connectivity index (χ0v) is 19.2. The molecule has 2 heterocycles. The number of carbonyl (C=O) groups excluding carboxylic acids is 1. The molecule has 0 aliphatic rings. The van der Waals surface area contributed by atoms with Crippen LogP contribution in [0.4, 0.5) is 0 Å². The second-order valence-electron chi connectivity index (χ2n) is 8.18. The molecule has 0 saturated heterocycles. The van der Waals surface area contributed by atoms with Crippen molar-refractivity contribution in [1.82, 2.24) is 19.7 Å². The van der Waals surface area contributed by atoms with Crippen LogP contribution >= 0.6 is 0 Å². The number of benzene rings is 1. The molecule has 0 fully saturated rings. The van der Waals surface area contributed by atoms with E-state index in [1.165, 1.54) is 12.1 Å². The first-order valence-corrected chi connectivity index (χ1v) is 11.8. The highest BCUT2D eigenvalue weighted by Crippen LogP contribution is 2.19. The van der Waals surface area contributed by atoms with Crippen molar-refractivity contribution in [3.05, 3.63) is 66.3 Å². The Morgan fingerprint density at radius 3 is 2.56 bits per heavy atom. The number of Topliss-reactive ketones (excluding diaryl/α,β-unsaturated/α-hetero) is 1. The van der Waals surface area contributed by atoms with E-state index in [4.69, 9.17) is 0 Å². The topological polar surface area (TPSA) is 125 Å². The molecule has 0 radical (unpaired) electrons. The molecule has 3 aromatic rings. The summed E-state index contributed by atoms with van der Waals surface area (Å²) in [6.07, 6.45) is 2.13. The molecule has 8 nitrogen and oxygen atoms in total. The zero-order chi connectivity index (χ0) is 23.5. The lowest BCUT2D eigenvalue weighted by Gasteiger charge is -2.21.